The van der Waals surface area contributed by atoms with Crippen molar-refractivity contribution in [2.24, 2.45) is 0 Å². The number of ether oxygens (including phenoxy) is 1. The number of rotatable bonds is 8. The van der Waals surface area contributed by atoms with E-state index in [1.54, 1.807) is 0 Å². The molecule has 0 spiro atoms. The Kier molecular flexibility index (Phi) is 6.52. The summed E-state index contributed by atoms with van der Waals surface area (Å²) in [6.07, 6.45) is 1.71. The van der Waals surface area contributed by atoms with Gasteiger partial charge in [0.1, 0.15) is 17.3 Å². The standard InChI is InChI=1S/C18H19FO5S/c1-2-3-12-23-18(20)15-6-10-17(11-7-15)24-25(21,22)13-14-4-8-16(19)9-5-14/h4-11H,2-3,12-13H2,1H3. The molecule has 0 saturated carbocycles. The minimum atomic E-state index is -3.89. The highest BCUT2D eigenvalue weighted by Crippen LogP contribution is 2.17. The number of unbranched alkanes of at least 4 members (excludes halogenated alkanes) is 1. The Labute approximate surface area is 146 Å². The van der Waals surface area contributed by atoms with Crippen molar-refractivity contribution in [3.05, 3.63) is 65.5 Å². The van der Waals surface area contributed by atoms with Crippen LogP contribution in [0.15, 0.2) is 48.5 Å². The topological polar surface area (TPSA) is 69.7 Å². The Morgan fingerprint density at radius 3 is 2.28 bits per heavy atom. The zero-order valence-corrected chi connectivity index (χ0v) is 14.6. The molecule has 0 fully saturated rings. The molecule has 0 bridgehead atoms. The van der Waals surface area contributed by atoms with Crippen molar-refractivity contribution in [3.8, 4) is 5.75 Å². The Bertz CT molecular complexity index is 798. The lowest BCUT2D eigenvalue weighted by atomic mass is 10.2. The normalized spacial score (nSPS) is 11.1. The van der Waals surface area contributed by atoms with E-state index in [0.29, 0.717) is 17.7 Å². The SMILES string of the molecule is CCCCOC(=O)c1ccc(OS(=O)(=O)Cc2ccc(F)cc2)cc1. The van der Waals surface area contributed by atoms with Crippen molar-refractivity contribution < 1.29 is 26.5 Å². The maximum absolute atomic E-state index is 12.8. The minimum absolute atomic E-state index is 0.0900. The van der Waals surface area contributed by atoms with Crippen LogP contribution < -0.4 is 4.18 Å². The van der Waals surface area contributed by atoms with Crippen molar-refractivity contribution in [1.82, 2.24) is 0 Å². The quantitative estimate of drug-likeness (QED) is 0.405. The van der Waals surface area contributed by atoms with E-state index < -0.39 is 21.9 Å². The summed E-state index contributed by atoms with van der Waals surface area (Å²) in [5, 5.41) is 0. The van der Waals surface area contributed by atoms with Crippen molar-refractivity contribution in [2.75, 3.05) is 6.61 Å². The van der Waals surface area contributed by atoms with E-state index in [2.05, 4.69) is 0 Å². The van der Waals surface area contributed by atoms with Crippen molar-refractivity contribution in [1.29, 1.82) is 0 Å². The molecule has 7 heteroatoms. The zero-order chi connectivity index (χ0) is 18.3. The van der Waals surface area contributed by atoms with Gasteiger partial charge in [0, 0.05) is 0 Å². The van der Waals surface area contributed by atoms with Gasteiger partial charge >= 0.3 is 16.1 Å². The second-order valence-corrected chi connectivity index (χ2v) is 7.00. The van der Waals surface area contributed by atoms with Crippen LogP contribution in [0, 0.1) is 5.82 Å². The molecule has 2 aromatic carbocycles. The molecule has 0 aliphatic rings. The molecular formula is C18H19FO5S. The number of hydrogen-bond donors (Lipinski definition) is 0. The highest BCUT2D eigenvalue weighted by Gasteiger charge is 2.15. The van der Waals surface area contributed by atoms with Gasteiger partial charge in [-0.1, -0.05) is 25.5 Å². The Morgan fingerprint density at radius 1 is 1.04 bits per heavy atom. The molecular weight excluding hydrogens is 347 g/mol. The van der Waals surface area contributed by atoms with E-state index in [9.17, 15) is 17.6 Å². The summed E-state index contributed by atoms with van der Waals surface area (Å²) in [6.45, 7) is 2.34. The minimum Gasteiger partial charge on any atom is -0.462 e. The van der Waals surface area contributed by atoms with Crippen LogP contribution in [0.5, 0.6) is 5.75 Å². The fourth-order valence-electron chi connectivity index (χ4n) is 2.00. The van der Waals surface area contributed by atoms with E-state index >= 15 is 0 Å². The van der Waals surface area contributed by atoms with Gasteiger partial charge in [-0.2, -0.15) is 8.42 Å². The van der Waals surface area contributed by atoms with Crippen LogP contribution in [-0.2, 0) is 20.6 Å². The van der Waals surface area contributed by atoms with Gasteiger partial charge < -0.3 is 8.92 Å². The maximum atomic E-state index is 12.8. The van der Waals surface area contributed by atoms with Gasteiger partial charge in [0.2, 0.25) is 0 Å². The highest BCUT2D eigenvalue weighted by atomic mass is 32.2. The first kappa shape index (κ1) is 18.9. The Hall–Kier alpha value is -2.41. The third-order valence-electron chi connectivity index (χ3n) is 3.30. The molecule has 0 radical (unpaired) electrons. The summed E-state index contributed by atoms with van der Waals surface area (Å²) in [5.41, 5.74) is 0.733. The highest BCUT2D eigenvalue weighted by molar-refractivity contribution is 7.86. The molecule has 0 aliphatic carbocycles. The molecule has 0 aromatic heterocycles. The number of carbonyl (C=O) groups is 1. The Morgan fingerprint density at radius 2 is 1.68 bits per heavy atom. The average molecular weight is 366 g/mol. The number of hydrogen-bond acceptors (Lipinski definition) is 5. The smallest absolute Gasteiger partial charge is 0.338 e. The number of carbonyl (C=O) groups excluding carboxylic acids is 1. The van der Waals surface area contributed by atoms with E-state index in [0.717, 1.165) is 12.8 Å². The summed E-state index contributed by atoms with van der Waals surface area (Å²) in [5.74, 6) is -1.20. The van der Waals surface area contributed by atoms with Gasteiger partial charge in [-0.05, 0) is 48.4 Å². The lowest BCUT2D eigenvalue weighted by molar-refractivity contribution is 0.0499. The molecule has 25 heavy (non-hydrogen) atoms. The van der Waals surface area contributed by atoms with E-state index in [1.807, 2.05) is 6.92 Å². The molecule has 0 heterocycles. The van der Waals surface area contributed by atoms with Crippen LogP contribution >= 0.6 is 0 Å². The third kappa shape index (κ3) is 6.19. The van der Waals surface area contributed by atoms with Crippen LogP contribution in [0.1, 0.15) is 35.7 Å². The first-order valence-corrected chi connectivity index (χ1v) is 9.41. The summed E-state index contributed by atoms with van der Waals surface area (Å²) < 4.78 is 47.0. The second-order valence-electron chi connectivity index (χ2n) is 5.43. The van der Waals surface area contributed by atoms with Crippen LogP contribution in [0.3, 0.4) is 0 Å². The molecule has 0 unspecified atom stereocenters. The van der Waals surface area contributed by atoms with Crippen LogP contribution in [0.2, 0.25) is 0 Å². The molecule has 134 valence electrons. The number of esters is 1. The van der Waals surface area contributed by atoms with Crippen LogP contribution in [0.4, 0.5) is 4.39 Å². The number of benzene rings is 2. The van der Waals surface area contributed by atoms with E-state index in [-0.39, 0.29) is 11.5 Å². The molecule has 0 saturated heterocycles. The van der Waals surface area contributed by atoms with Gasteiger partial charge in [-0.3, -0.25) is 0 Å². The molecule has 2 rings (SSSR count). The van der Waals surface area contributed by atoms with Gasteiger partial charge in [0.25, 0.3) is 0 Å². The number of halogens is 1. The Balaban J connectivity index is 1.97. The molecule has 0 aliphatic heterocycles. The van der Waals surface area contributed by atoms with Crippen molar-refractivity contribution in [3.63, 3.8) is 0 Å². The first-order chi connectivity index (χ1) is 11.9. The van der Waals surface area contributed by atoms with Gasteiger partial charge in [0.15, 0.2) is 0 Å². The van der Waals surface area contributed by atoms with Crippen molar-refractivity contribution >= 4 is 16.1 Å². The third-order valence-corrected chi connectivity index (χ3v) is 4.43. The van der Waals surface area contributed by atoms with Gasteiger partial charge in [0.05, 0.1) is 12.2 Å². The zero-order valence-electron chi connectivity index (χ0n) is 13.8. The average Bonchev–Trinajstić information content (AvgIpc) is 2.57. The summed E-state index contributed by atoms with van der Waals surface area (Å²) >= 11 is 0. The fraction of sp³-hybridized carbons (Fsp3) is 0.278. The van der Waals surface area contributed by atoms with Gasteiger partial charge in [-0.15, -0.1) is 0 Å². The van der Waals surface area contributed by atoms with Crippen LogP contribution in [-0.4, -0.2) is 21.0 Å². The van der Waals surface area contributed by atoms with Crippen molar-refractivity contribution in [2.45, 2.75) is 25.5 Å². The monoisotopic (exact) mass is 366 g/mol. The predicted molar refractivity (Wildman–Crippen MR) is 91.3 cm³/mol. The molecule has 0 N–H and O–H groups in total. The molecule has 5 nitrogen and oxygen atoms in total. The second kappa shape index (κ2) is 8.62. The van der Waals surface area contributed by atoms with Gasteiger partial charge in [-0.25, -0.2) is 9.18 Å². The molecule has 0 atom stereocenters. The summed E-state index contributed by atoms with van der Waals surface area (Å²) in [7, 11) is -3.89. The van der Waals surface area contributed by atoms with E-state index in [4.69, 9.17) is 8.92 Å². The summed E-state index contributed by atoms with van der Waals surface area (Å²) in [6, 6.07) is 10.8. The fourth-order valence-corrected chi connectivity index (χ4v) is 3.06. The largest absolute Gasteiger partial charge is 0.462 e. The van der Waals surface area contributed by atoms with E-state index in [1.165, 1.54) is 48.5 Å². The molecule has 0 amide bonds. The first-order valence-electron chi connectivity index (χ1n) is 7.83. The predicted octanol–water partition coefficient (Wildman–Crippen LogP) is 3.69. The maximum Gasteiger partial charge on any atom is 0.338 e. The lowest BCUT2D eigenvalue weighted by Crippen LogP contribution is -2.12. The lowest BCUT2D eigenvalue weighted by Gasteiger charge is -2.08. The van der Waals surface area contributed by atoms with Crippen LogP contribution in [0.25, 0.3) is 0 Å². The summed E-state index contributed by atoms with van der Waals surface area (Å²) in [4.78, 5) is 11.8. The molecule has 2 aromatic rings.